The lowest BCUT2D eigenvalue weighted by molar-refractivity contribution is -0.132. The van der Waals surface area contributed by atoms with Crippen molar-refractivity contribution in [3.05, 3.63) is 12.2 Å². The Kier molecular flexibility index (Phi) is 7.65. The number of carbonyl (C=O) groups excluding carboxylic acids is 1. The van der Waals surface area contributed by atoms with Gasteiger partial charge in [0, 0.05) is 5.57 Å². The maximum atomic E-state index is 9.65. The van der Waals surface area contributed by atoms with E-state index in [1.807, 2.05) is 0 Å². The summed E-state index contributed by atoms with van der Waals surface area (Å²) < 4.78 is 3.94. The Hall–Kier alpha value is -1.56. The third-order valence-corrected chi connectivity index (χ3v) is 0.652. The summed E-state index contributed by atoms with van der Waals surface area (Å²) in [6.45, 7) is 5.90. The topological polar surface area (TPSA) is 110 Å². The average Bonchev–Trinajstić information content (AvgIpc) is 1.84. The lowest BCUT2D eigenvalue weighted by atomic mass is 10.4. The molecule has 0 aliphatic rings. The van der Waals surface area contributed by atoms with Crippen molar-refractivity contribution in [1.29, 1.82) is 0 Å². The van der Waals surface area contributed by atoms with Crippen molar-refractivity contribution in [3.63, 3.8) is 0 Å². The van der Waals surface area contributed by atoms with E-state index in [1.54, 1.807) is 0 Å². The molecule has 0 fully saturated rings. The molecular formula is C7H13NO5. The molecule has 0 heterocycles. The summed E-state index contributed by atoms with van der Waals surface area (Å²) in [5.74, 6) is -0.935. The lowest BCUT2D eigenvalue weighted by Crippen LogP contribution is -2.19. The molecule has 0 aromatic carbocycles. The molecule has 0 saturated carbocycles. The number of aliphatic hydroxyl groups excluding tert-OH is 1. The van der Waals surface area contributed by atoms with Crippen LogP contribution >= 0.6 is 0 Å². The third-order valence-electron chi connectivity index (χ3n) is 0.652. The van der Waals surface area contributed by atoms with Gasteiger partial charge < -0.3 is 20.7 Å². The fourth-order valence-corrected chi connectivity index (χ4v) is 0.168. The molecule has 1 atom stereocenters. The minimum absolute atomic E-state index is 0.176. The van der Waals surface area contributed by atoms with Gasteiger partial charge >= 0.3 is 12.1 Å². The molecule has 1 amide bonds. The number of carboxylic acids is 1. The summed E-state index contributed by atoms with van der Waals surface area (Å²) in [5.41, 5.74) is 4.65. The predicted octanol–water partition coefficient (Wildman–Crippen LogP) is 0.0671. The highest BCUT2D eigenvalue weighted by atomic mass is 16.6. The van der Waals surface area contributed by atoms with Crippen LogP contribution in [0.5, 0.6) is 0 Å². The van der Waals surface area contributed by atoms with E-state index in [2.05, 4.69) is 17.0 Å². The quantitative estimate of drug-likeness (QED) is 0.422. The van der Waals surface area contributed by atoms with Crippen LogP contribution < -0.4 is 5.73 Å². The Morgan fingerprint density at radius 2 is 1.85 bits per heavy atom. The van der Waals surface area contributed by atoms with Gasteiger partial charge in [0.15, 0.2) is 6.29 Å². The minimum Gasteiger partial charge on any atom is -0.478 e. The third kappa shape index (κ3) is 17.9. The molecule has 0 spiro atoms. The summed E-state index contributed by atoms with van der Waals surface area (Å²) in [7, 11) is 0. The standard InChI is InChI=1S/C4H6O2.C3H7NO3/c1-3(2)4(5)6;1-2(5)7-3(4)6/h1H2,2H3,(H,5,6);2,5H,1H3,(H2,4,6). The molecule has 0 bridgehead atoms. The molecule has 4 N–H and O–H groups in total. The van der Waals surface area contributed by atoms with E-state index in [0.717, 1.165) is 0 Å². The number of aliphatic carboxylic acids is 1. The van der Waals surface area contributed by atoms with Gasteiger partial charge in [-0.3, -0.25) is 0 Å². The largest absolute Gasteiger partial charge is 0.478 e. The van der Waals surface area contributed by atoms with Gasteiger partial charge in [0.2, 0.25) is 0 Å². The van der Waals surface area contributed by atoms with Crippen molar-refractivity contribution in [2.24, 2.45) is 5.73 Å². The van der Waals surface area contributed by atoms with Gasteiger partial charge in [0.05, 0.1) is 0 Å². The summed E-state index contributed by atoms with van der Waals surface area (Å²) in [4.78, 5) is 19.2. The molecule has 6 heteroatoms. The zero-order chi connectivity index (χ0) is 11.0. The first kappa shape index (κ1) is 14.0. The summed E-state index contributed by atoms with van der Waals surface area (Å²) in [5, 5.41) is 16.1. The number of rotatable bonds is 2. The summed E-state index contributed by atoms with van der Waals surface area (Å²) in [6, 6.07) is 0. The zero-order valence-electron chi connectivity index (χ0n) is 7.48. The van der Waals surface area contributed by atoms with Crippen molar-refractivity contribution < 1.29 is 24.5 Å². The predicted molar refractivity (Wildman–Crippen MR) is 44.8 cm³/mol. The van der Waals surface area contributed by atoms with Crippen LogP contribution in [0.3, 0.4) is 0 Å². The number of nitrogens with two attached hydrogens (primary N) is 1. The number of aliphatic hydroxyl groups is 1. The van der Waals surface area contributed by atoms with Gasteiger partial charge in [-0.2, -0.15) is 0 Å². The number of ether oxygens (including phenoxy) is 1. The highest BCUT2D eigenvalue weighted by molar-refractivity contribution is 5.84. The summed E-state index contributed by atoms with van der Waals surface area (Å²) >= 11 is 0. The first-order chi connectivity index (χ1) is 5.77. The van der Waals surface area contributed by atoms with Crippen LogP contribution in [-0.2, 0) is 9.53 Å². The Labute approximate surface area is 75.6 Å². The molecule has 1 unspecified atom stereocenters. The summed E-state index contributed by atoms with van der Waals surface area (Å²) in [6.07, 6.45) is -2.06. The molecule has 0 saturated heterocycles. The maximum absolute atomic E-state index is 9.65. The molecule has 0 aliphatic carbocycles. The maximum Gasteiger partial charge on any atom is 0.406 e. The van der Waals surface area contributed by atoms with Crippen LogP contribution in [0, 0.1) is 0 Å². The molecule has 0 rings (SSSR count). The monoisotopic (exact) mass is 191 g/mol. The van der Waals surface area contributed by atoms with Gasteiger partial charge in [-0.15, -0.1) is 0 Å². The molecular weight excluding hydrogens is 178 g/mol. The zero-order valence-corrected chi connectivity index (χ0v) is 7.48. The van der Waals surface area contributed by atoms with Crippen molar-refractivity contribution >= 4 is 12.1 Å². The molecule has 13 heavy (non-hydrogen) atoms. The van der Waals surface area contributed by atoms with Gasteiger partial charge in [0.1, 0.15) is 0 Å². The minimum atomic E-state index is -1.10. The van der Waals surface area contributed by atoms with Gasteiger partial charge in [-0.05, 0) is 13.8 Å². The van der Waals surface area contributed by atoms with E-state index in [4.69, 9.17) is 10.2 Å². The number of amides is 1. The smallest absolute Gasteiger partial charge is 0.406 e. The normalized spacial score (nSPS) is 10.4. The highest BCUT2D eigenvalue weighted by Gasteiger charge is 1.96. The second-order valence-corrected chi connectivity index (χ2v) is 2.12. The van der Waals surface area contributed by atoms with E-state index in [0.29, 0.717) is 0 Å². The van der Waals surface area contributed by atoms with Gasteiger partial charge in [0.25, 0.3) is 0 Å². The number of carbonyl (C=O) groups is 2. The number of primary amides is 1. The van der Waals surface area contributed by atoms with Crippen molar-refractivity contribution in [2.45, 2.75) is 20.1 Å². The molecule has 6 nitrogen and oxygen atoms in total. The van der Waals surface area contributed by atoms with Crippen molar-refractivity contribution in [2.75, 3.05) is 0 Å². The highest BCUT2D eigenvalue weighted by Crippen LogP contribution is 1.81. The molecule has 76 valence electrons. The SMILES string of the molecule is C=C(C)C(=O)O.CC(O)OC(N)=O. The Balaban J connectivity index is 0. The Morgan fingerprint density at radius 1 is 1.54 bits per heavy atom. The van der Waals surface area contributed by atoms with E-state index in [1.165, 1.54) is 13.8 Å². The van der Waals surface area contributed by atoms with E-state index >= 15 is 0 Å². The van der Waals surface area contributed by atoms with Crippen molar-refractivity contribution in [3.8, 4) is 0 Å². The first-order valence-electron chi connectivity index (χ1n) is 3.30. The Morgan fingerprint density at radius 3 is 1.85 bits per heavy atom. The van der Waals surface area contributed by atoms with E-state index in [9.17, 15) is 9.59 Å². The number of hydrogen-bond acceptors (Lipinski definition) is 4. The second-order valence-electron chi connectivity index (χ2n) is 2.12. The molecule has 0 radical (unpaired) electrons. The van der Waals surface area contributed by atoms with Gasteiger partial charge in [-0.1, -0.05) is 6.58 Å². The van der Waals surface area contributed by atoms with Crippen LogP contribution in [0.4, 0.5) is 4.79 Å². The first-order valence-corrected chi connectivity index (χ1v) is 3.30. The molecule has 0 aromatic rings. The van der Waals surface area contributed by atoms with Crippen LogP contribution in [0.25, 0.3) is 0 Å². The van der Waals surface area contributed by atoms with Crippen molar-refractivity contribution in [1.82, 2.24) is 0 Å². The fraction of sp³-hybridized carbons (Fsp3) is 0.429. The lowest BCUT2D eigenvalue weighted by Gasteiger charge is -2.00. The second kappa shape index (κ2) is 7.11. The Bertz CT molecular complexity index is 187. The van der Waals surface area contributed by atoms with E-state index in [-0.39, 0.29) is 5.57 Å². The average molecular weight is 191 g/mol. The van der Waals surface area contributed by atoms with Crippen LogP contribution in [0.2, 0.25) is 0 Å². The number of hydrogen-bond donors (Lipinski definition) is 3. The fourth-order valence-electron chi connectivity index (χ4n) is 0.168. The van der Waals surface area contributed by atoms with Gasteiger partial charge in [-0.25, -0.2) is 9.59 Å². The van der Waals surface area contributed by atoms with Crippen LogP contribution in [0.15, 0.2) is 12.2 Å². The van der Waals surface area contributed by atoms with Crippen LogP contribution in [0.1, 0.15) is 13.8 Å². The van der Waals surface area contributed by atoms with Crippen LogP contribution in [-0.4, -0.2) is 28.6 Å². The van der Waals surface area contributed by atoms with E-state index < -0.39 is 18.4 Å². The molecule has 0 aliphatic heterocycles. The number of carboxylic acid groups (broad SMARTS) is 1. The molecule has 0 aromatic heterocycles.